The lowest BCUT2D eigenvalue weighted by Gasteiger charge is -2.11. The molecule has 0 saturated carbocycles. The Morgan fingerprint density at radius 3 is 2.60 bits per heavy atom. The molecule has 0 saturated heterocycles. The summed E-state index contributed by atoms with van der Waals surface area (Å²) >= 11 is 0. The number of benzene rings is 2. The second-order valence-electron chi connectivity index (χ2n) is 4.44. The maximum atomic E-state index is 5.97. The van der Waals surface area contributed by atoms with Gasteiger partial charge in [0.2, 0.25) is 0 Å². The van der Waals surface area contributed by atoms with Crippen LogP contribution in [0.1, 0.15) is 0 Å². The summed E-state index contributed by atoms with van der Waals surface area (Å²) in [7, 11) is 1.61. The molecule has 0 aliphatic rings. The normalized spacial score (nSPS) is 10.4. The highest BCUT2D eigenvalue weighted by atomic mass is 16.5. The molecule has 3 rings (SSSR count). The minimum atomic E-state index is 0.609. The summed E-state index contributed by atoms with van der Waals surface area (Å²) in [5, 5.41) is 0. The van der Waals surface area contributed by atoms with Crippen LogP contribution in [0, 0.1) is 0 Å². The van der Waals surface area contributed by atoms with Crippen LogP contribution in [0.25, 0.3) is 16.9 Å². The fraction of sp³-hybridized carbons (Fsp3) is 0.0625. The average Bonchev–Trinajstić information content (AvgIpc) is 2.97. The number of imidazole rings is 1. The molecule has 0 fully saturated rings. The van der Waals surface area contributed by atoms with Crippen molar-refractivity contribution in [2.45, 2.75) is 0 Å². The monoisotopic (exact) mass is 265 g/mol. The Hall–Kier alpha value is -2.75. The van der Waals surface area contributed by atoms with Gasteiger partial charge in [-0.05, 0) is 18.2 Å². The third-order valence-electron chi connectivity index (χ3n) is 3.20. The van der Waals surface area contributed by atoms with Crippen molar-refractivity contribution < 1.29 is 4.74 Å². The SMILES string of the molecule is COc1ccc(-n2cncc2-c2ccccc2)cc1N. The van der Waals surface area contributed by atoms with Crippen LogP contribution in [0.2, 0.25) is 0 Å². The minimum Gasteiger partial charge on any atom is -0.495 e. The molecular formula is C16H15N3O. The van der Waals surface area contributed by atoms with E-state index in [-0.39, 0.29) is 0 Å². The van der Waals surface area contributed by atoms with Crippen LogP contribution in [-0.2, 0) is 0 Å². The van der Waals surface area contributed by atoms with E-state index < -0.39 is 0 Å². The molecule has 2 aromatic carbocycles. The molecule has 0 amide bonds. The molecule has 0 spiro atoms. The fourth-order valence-electron chi connectivity index (χ4n) is 2.19. The van der Waals surface area contributed by atoms with Gasteiger partial charge in [-0.3, -0.25) is 4.57 Å². The first-order chi connectivity index (χ1) is 9.79. The second-order valence-corrected chi connectivity index (χ2v) is 4.44. The molecular weight excluding hydrogens is 250 g/mol. The Balaban J connectivity index is 2.08. The number of ether oxygens (including phenoxy) is 1. The van der Waals surface area contributed by atoms with Gasteiger partial charge in [-0.25, -0.2) is 4.98 Å². The van der Waals surface area contributed by atoms with E-state index >= 15 is 0 Å². The number of nitrogen functional groups attached to an aromatic ring is 1. The lowest BCUT2D eigenvalue weighted by atomic mass is 10.1. The number of nitrogens with two attached hydrogens (primary N) is 1. The number of hydrogen-bond acceptors (Lipinski definition) is 3. The zero-order valence-corrected chi connectivity index (χ0v) is 11.2. The third kappa shape index (κ3) is 2.12. The number of methoxy groups -OCH3 is 1. The van der Waals surface area contributed by atoms with E-state index in [0.717, 1.165) is 16.9 Å². The Morgan fingerprint density at radius 2 is 1.90 bits per heavy atom. The second kappa shape index (κ2) is 5.09. The first-order valence-electron chi connectivity index (χ1n) is 6.31. The molecule has 0 radical (unpaired) electrons. The van der Waals surface area contributed by atoms with Gasteiger partial charge in [0.25, 0.3) is 0 Å². The largest absolute Gasteiger partial charge is 0.495 e. The van der Waals surface area contributed by atoms with Crippen molar-refractivity contribution in [2.24, 2.45) is 0 Å². The average molecular weight is 265 g/mol. The van der Waals surface area contributed by atoms with Crippen LogP contribution in [0.15, 0.2) is 61.1 Å². The summed E-state index contributed by atoms with van der Waals surface area (Å²) < 4.78 is 7.19. The highest BCUT2D eigenvalue weighted by Gasteiger charge is 2.08. The molecule has 0 aliphatic heterocycles. The van der Waals surface area contributed by atoms with Crippen LogP contribution in [-0.4, -0.2) is 16.7 Å². The zero-order chi connectivity index (χ0) is 13.9. The quantitative estimate of drug-likeness (QED) is 0.740. The zero-order valence-electron chi connectivity index (χ0n) is 11.2. The molecule has 0 atom stereocenters. The van der Waals surface area contributed by atoms with E-state index in [1.807, 2.05) is 47.2 Å². The maximum Gasteiger partial charge on any atom is 0.141 e. The molecule has 4 nitrogen and oxygen atoms in total. The molecule has 2 N–H and O–H groups in total. The summed E-state index contributed by atoms with van der Waals surface area (Å²) in [5.74, 6) is 0.676. The smallest absolute Gasteiger partial charge is 0.141 e. The summed E-state index contributed by atoms with van der Waals surface area (Å²) in [5.41, 5.74) is 9.67. The van der Waals surface area contributed by atoms with Crippen molar-refractivity contribution in [2.75, 3.05) is 12.8 Å². The summed E-state index contributed by atoms with van der Waals surface area (Å²) in [6, 6.07) is 15.8. The number of aromatic nitrogens is 2. The third-order valence-corrected chi connectivity index (χ3v) is 3.20. The van der Waals surface area contributed by atoms with E-state index in [2.05, 4.69) is 17.1 Å². The van der Waals surface area contributed by atoms with E-state index in [0.29, 0.717) is 11.4 Å². The number of nitrogens with zero attached hydrogens (tertiary/aromatic N) is 2. The van der Waals surface area contributed by atoms with Crippen molar-refractivity contribution in [1.82, 2.24) is 9.55 Å². The molecule has 0 bridgehead atoms. The van der Waals surface area contributed by atoms with E-state index in [1.165, 1.54) is 0 Å². The summed E-state index contributed by atoms with van der Waals surface area (Å²) in [4.78, 5) is 4.24. The Labute approximate surface area is 117 Å². The van der Waals surface area contributed by atoms with Crippen molar-refractivity contribution in [3.63, 3.8) is 0 Å². The summed E-state index contributed by atoms with van der Waals surface area (Å²) in [6.45, 7) is 0. The van der Waals surface area contributed by atoms with Crippen molar-refractivity contribution in [3.8, 4) is 22.7 Å². The molecule has 0 unspecified atom stereocenters. The lowest BCUT2D eigenvalue weighted by molar-refractivity contribution is 0.417. The van der Waals surface area contributed by atoms with Crippen molar-refractivity contribution in [3.05, 3.63) is 61.1 Å². The predicted octanol–water partition coefficient (Wildman–Crippen LogP) is 3.13. The van der Waals surface area contributed by atoms with Gasteiger partial charge in [0, 0.05) is 11.3 Å². The van der Waals surface area contributed by atoms with Gasteiger partial charge in [0.1, 0.15) is 5.75 Å². The van der Waals surface area contributed by atoms with Gasteiger partial charge in [0.05, 0.1) is 31.0 Å². The van der Waals surface area contributed by atoms with Crippen molar-refractivity contribution in [1.29, 1.82) is 0 Å². The van der Waals surface area contributed by atoms with Crippen LogP contribution < -0.4 is 10.5 Å². The molecule has 1 heterocycles. The van der Waals surface area contributed by atoms with Gasteiger partial charge in [-0.15, -0.1) is 0 Å². The van der Waals surface area contributed by atoms with E-state index in [4.69, 9.17) is 10.5 Å². The van der Waals surface area contributed by atoms with Gasteiger partial charge < -0.3 is 10.5 Å². The highest BCUT2D eigenvalue weighted by molar-refractivity contribution is 5.64. The fourth-order valence-corrected chi connectivity index (χ4v) is 2.19. The predicted molar refractivity (Wildman–Crippen MR) is 80.0 cm³/mol. The standard InChI is InChI=1S/C16H15N3O/c1-20-16-8-7-13(9-14(16)17)19-11-18-10-15(19)12-5-3-2-4-6-12/h2-11H,17H2,1H3. The lowest BCUT2D eigenvalue weighted by Crippen LogP contribution is -1.98. The Morgan fingerprint density at radius 1 is 1.10 bits per heavy atom. The topological polar surface area (TPSA) is 53.1 Å². The minimum absolute atomic E-state index is 0.609. The highest BCUT2D eigenvalue weighted by Crippen LogP contribution is 2.27. The van der Waals surface area contributed by atoms with Crippen LogP contribution >= 0.6 is 0 Å². The Kier molecular flexibility index (Phi) is 3.13. The maximum absolute atomic E-state index is 5.97. The molecule has 3 aromatic rings. The first kappa shape index (κ1) is 12.3. The molecule has 0 aliphatic carbocycles. The van der Waals surface area contributed by atoms with Gasteiger partial charge in [0.15, 0.2) is 0 Å². The molecule has 1 aromatic heterocycles. The number of anilines is 1. The first-order valence-corrected chi connectivity index (χ1v) is 6.31. The van der Waals surface area contributed by atoms with Gasteiger partial charge in [-0.1, -0.05) is 30.3 Å². The van der Waals surface area contributed by atoms with Gasteiger partial charge in [-0.2, -0.15) is 0 Å². The summed E-state index contributed by atoms with van der Waals surface area (Å²) in [6.07, 6.45) is 3.62. The van der Waals surface area contributed by atoms with Crippen LogP contribution in [0.3, 0.4) is 0 Å². The number of hydrogen-bond donors (Lipinski definition) is 1. The van der Waals surface area contributed by atoms with E-state index in [9.17, 15) is 0 Å². The van der Waals surface area contributed by atoms with Gasteiger partial charge >= 0.3 is 0 Å². The van der Waals surface area contributed by atoms with E-state index in [1.54, 1.807) is 13.4 Å². The Bertz CT molecular complexity index is 720. The van der Waals surface area contributed by atoms with Crippen LogP contribution in [0.4, 0.5) is 5.69 Å². The van der Waals surface area contributed by atoms with Crippen molar-refractivity contribution >= 4 is 5.69 Å². The molecule has 4 heteroatoms. The molecule has 100 valence electrons. The molecule has 20 heavy (non-hydrogen) atoms. The number of rotatable bonds is 3. The van der Waals surface area contributed by atoms with Crippen LogP contribution in [0.5, 0.6) is 5.75 Å².